The van der Waals surface area contributed by atoms with Crippen LogP contribution in [0.2, 0.25) is 0 Å². The van der Waals surface area contributed by atoms with Gasteiger partial charge >= 0.3 is 0 Å². The summed E-state index contributed by atoms with van der Waals surface area (Å²) in [6, 6.07) is 4.00. The largest absolute Gasteiger partial charge is 0.462 e. The maximum atomic E-state index is 11.3. The molecule has 0 radical (unpaired) electrons. The van der Waals surface area contributed by atoms with Crippen molar-refractivity contribution >= 4 is 6.08 Å². The number of fused-ring (bicyclic) bond motifs is 5. The van der Waals surface area contributed by atoms with Gasteiger partial charge in [0, 0.05) is 5.41 Å². The van der Waals surface area contributed by atoms with E-state index in [2.05, 4.69) is 26.0 Å². The highest BCUT2D eigenvalue weighted by atomic mass is 16.3. The smallest absolute Gasteiger partial charge is 0.127 e. The summed E-state index contributed by atoms with van der Waals surface area (Å²) < 4.78 is 5.76. The maximum absolute atomic E-state index is 11.3. The molecule has 3 fully saturated rings. The molecule has 0 spiro atoms. The summed E-state index contributed by atoms with van der Waals surface area (Å²) in [7, 11) is 0. The van der Waals surface area contributed by atoms with Crippen LogP contribution in [-0.2, 0) is 0 Å². The highest BCUT2D eigenvalue weighted by molar-refractivity contribution is 5.51. The average Bonchev–Trinajstić information content (AvgIpc) is 3.18. The molecule has 28 heavy (non-hydrogen) atoms. The van der Waals surface area contributed by atoms with Crippen LogP contribution in [0.15, 0.2) is 33.8 Å². The van der Waals surface area contributed by atoms with Crippen LogP contribution in [0.25, 0.3) is 6.08 Å². The van der Waals surface area contributed by atoms with Gasteiger partial charge in [0.1, 0.15) is 11.5 Å². The van der Waals surface area contributed by atoms with Gasteiger partial charge in [-0.05, 0) is 98.8 Å². The third-order valence-electron chi connectivity index (χ3n) is 9.04. The van der Waals surface area contributed by atoms with E-state index in [1.807, 2.05) is 19.1 Å². The summed E-state index contributed by atoms with van der Waals surface area (Å²) in [4.78, 5) is 0. The lowest BCUT2D eigenvalue weighted by Crippen LogP contribution is -2.51. The second-order valence-corrected chi connectivity index (χ2v) is 10.5. The van der Waals surface area contributed by atoms with Crippen molar-refractivity contribution in [2.45, 2.75) is 77.9 Å². The van der Waals surface area contributed by atoms with Crippen molar-refractivity contribution in [1.29, 1.82) is 0 Å². The van der Waals surface area contributed by atoms with Gasteiger partial charge in [-0.25, -0.2) is 0 Å². The van der Waals surface area contributed by atoms with E-state index in [0.29, 0.717) is 17.8 Å². The van der Waals surface area contributed by atoms with Crippen LogP contribution in [0.5, 0.6) is 0 Å². The summed E-state index contributed by atoms with van der Waals surface area (Å²) in [5.41, 5.74) is 2.89. The van der Waals surface area contributed by atoms with Crippen molar-refractivity contribution in [1.82, 2.24) is 0 Å². The van der Waals surface area contributed by atoms with E-state index in [9.17, 15) is 10.2 Å². The molecule has 5 rings (SSSR count). The third kappa shape index (κ3) is 2.62. The topological polar surface area (TPSA) is 53.6 Å². The van der Waals surface area contributed by atoms with Gasteiger partial charge in [-0.15, -0.1) is 0 Å². The van der Waals surface area contributed by atoms with Crippen LogP contribution < -0.4 is 0 Å². The molecule has 0 amide bonds. The summed E-state index contributed by atoms with van der Waals surface area (Å²) in [5.74, 6) is 3.65. The van der Waals surface area contributed by atoms with Crippen molar-refractivity contribution < 1.29 is 14.6 Å². The van der Waals surface area contributed by atoms with E-state index in [4.69, 9.17) is 4.42 Å². The summed E-state index contributed by atoms with van der Waals surface area (Å²) in [5, 5.41) is 21.4. The molecule has 0 aromatic carbocycles. The lowest BCUT2D eigenvalue weighted by molar-refractivity contribution is -0.0685. The minimum atomic E-state index is -0.366. The molecule has 3 nitrogen and oxygen atoms in total. The highest BCUT2D eigenvalue weighted by Gasteiger charge is 2.59. The fraction of sp³-hybridized carbons (Fsp3) is 0.680. The van der Waals surface area contributed by atoms with Crippen LogP contribution in [0.4, 0.5) is 0 Å². The Morgan fingerprint density at radius 1 is 1.07 bits per heavy atom. The number of hydrogen-bond donors (Lipinski definition) is 2. The number of rotatable bonds is 1. The number of aliphatic hydroxyl groups is 2. The minimum absolute atomic E-state index is 0.0233. The molecule has 0 aliphatic heterocycles. The van der Waals surface area contributed by atoms with Crippen LogP contribution in [0.3, 0.4) is 0 Å². The number of aliphatic hydroxyl groups excluding tert-OH is 2. The second-order valence-electron chi connectivity index (χ2n) is 10.5. The van der Waals surface area contributed by atoms with Gasteiger partial charge in [0.05, 0.1) is 12.2 Å². The number of hydrogen-bond acceptors (Lipinski definition) is 3. The number of allylic oxidation sites excluding steroid dienone is 1. The van der Waals surface area contributed by atoms with Crippen molar-refractivity contribution in [3.63, 3.8) is 0 Å². The molecule has 3 saturated carbocycles. The Kier molecular flexibility index (Phi) is 4.23. The van der Waals surface area contributed by atoms with E-state index < -0.39 is 0 Å². The lowest BCUT2D eigenvalue weighted by Gasteiger charge is -2.57. The van der Waals surface area contributed by atoms with Gasteiger partial charge < -0.3 is 14.6 Å². The average molecular weight is 383 g/mol. The van der Waals surface area contributed by atoms with Gasteiger partial charge in [0.25, 0.3) is 0 Å². The zero-order valence-corrected chi connectivity index (χ0v) is 17.4. The third-order valence-corrected chi connectivity index (χ3v) is 9.04. The molecule has 1 aromatic heterocycles. The molecule has 0 bridgehead atoms. The Bertz CT molecular complexity index is 833. The first-order valence-corrected chi connectivity index (χ1v) is 11.1. The molecule has 4 aliphatic rings. The molecule has 3 heteroatoms. The molecule has 4 aliphatic carbocycles. The van der Waals surface area contributed by atoms with Gasteiger partial charge in [-0.2, -0.15) is 0 Å². The quantitative estimate of drug-likeness (QED) is 0.651. The summed E-state index contributed by atoms with van der Waals surface area (Å²) in [6.45, 7) is 6.74. The van der Waals surface area contributed by atoms with Gasteiger partial charge in [0.15, 0.2) is 0 Å². The van der Waals surface area contributed by atoms with Crippen LogP contribution >= 0.6 is 0 Å². The van der Waals surface area contributed by atoms with E-state index in [-0.39, 0.29) is 23.0 Å². The molecule has 0 saturated heterocycles. The minimum Gasteiger partial charge on any atom is -0.462 e. The molecule has 0 unspecified atom stereocenters. The Labute approximate surface area is 168 Å². The second kappa shape index (κ2) is 6.34. The van der Waals surface area contributed by atoms with Crippen LogP contribution in [-0.4, -0.2) is 22.4 Å². The summed E-state index contributed by atoms with van der Waals surface area (Å²) in [6.07, 6.45) is 11.4. The molecular weight excluding hydrogens is 348 g/mol. The Morgan fingerprint density at radius 3 is 2.64 bits per heavy atom. The zero-order valence-electron chi connectivity index (χ0n) is 17.4. The van der Waals surface area contributed by atoms with E-state index in [0.717, 1.165) is 55.6 Å². The molecule has 1 heterocycles. The highest BCUT2D eigenvalue weighted by Crippen LogP contribution is 2.65. The first-order chi connectivity index (χ1) is 13.3. The lowest BCUT2D eigenvalue weighted by atomic mass is 9.48. The normalized spacial score (nSPS) is 46.7. The van der Waals surface area contributed by atoms with Crippen molar-refractivity contribution in [2.75, 3.05) is 0 Å². The van der Waals surface area contributed by atoms with E-state index >= 15 is 0 Å². The molecule has 152 valence electrons. The number of aryl methyl sites for hydroxylation is 1. The monoisotopic (exact) mass is 382 g/mol. The van der Waals surface area contributed by atoms with Crippen molar-refractivity contribution in [3.05, 3.63) is 40.9 Å². The van der Waals surface area contributed by atoms with Gasteiger partial charge in [-0.1, -0.05) is 25.5 Å². The van der Waals surface area contributed by atoms with E-state index in [1.54, 1.807) is 0 Å². The number of furan rings is 1. The Morgan fingerprint density at radius 2 is 1.89 bits per heavy atom. The SMILES string of the molecule is Cc1ccc(/C=C2/C[C@@H]3[C@H]4CC=C5C[C@@H](O)CC[C@]5(C)[C@@H]4CC[C@]3(C)[C@H]2O)o1. The predicted octanol–water partition coefficient (Wildman–Crippen LogP) is 5.27. The standard InChI is InChI=1S/C25H34O3/c1-15-4-6-19(28-15)12-16-13-22-20-7-5-17-14-18(26)8-10-24(17,2)21(20)9-11-25(22,3)23(16)27/h4-6,12,18,20-23,26-27H,7-11,13-14H2,1-3H3/b16-12-/t18-,20-,21+,22+,23-,24-,25-/m0/s1. The molecule has 7 atom stereocenters. The maximum Gasteiger partial charge on any atom is 0.127 e. The van der Waals surface area contributed by atoms with Gasteiger partial charge in [0.2, 0.25) is 0 Å². The van der Waals surface area contributed by atoms with E-state index in [1.165, 1.54) is 12.0 Å². The fourth-order valence-corrected chi connectivity index (χ4v) is 7.35. The fourth-order valence-electron chi connectivity index (χ4n) is 7.35. The zero-order chi connectivity index (χ0) is 19.7. The first-order valence-electron chi connectivity index (χ1n) is 11.1. The van der Waals surface area contributed by atoms with Crippen molar-refractivity contribution in [2.24, 2.45) is 28.6 Å². The Hall–Kier alpha value is -1.32. The van der Waals surface area contributed by atoms with Gasteiger partial charge in [-0.3, -0.25) is 0 Å². The molecule has 2 N–H and O–H groups in total. The van der Waals surface area contributed by atoms with Crippen LogP contribution in [0.1, 0.15) is 70.3 Å². The summed E-state index contributed by atoms with van der Waals surface area (Å²) >= 11 is 0. The first kappa shape index (κ1) is 18.7. The van der Waals surface area contributed by atoms with Crippen molar-refractivity contribution in [3.8, 4) is 0 Å². The molecule has 1 aromatic rings. The predicted molar refractivity (Wildman–Crippen MR) is 111 cm³/mol. The van der Waals surface area contributed by atoms with Crippen LogP contribution in [0, 0.1) is 35.5 Å². The molecular formula is C25H34O3. The Balaban J connectivity index is 1.47.